The quantitative estimate of drug-likeness (QED) is 0.0513. The van der Waals surface area contributed by atoms with Gasteiger partial charge in [0.15, 0.2) is 0 Å². The lowest BCUT2D eigenvalue weighted by atomic mass is 9.86. The number of thiazole rings is 2. The van der Waals surface area contributed by atoms with Crippen molar-refractivity contribution in [1.29, 1.82) is 0 Å². The first-order valence-electron chi connectivity index (χ1n) is 26.1. The highest BCUT2D eigenvalue weighted by Crippen LogP contribution is 2.40. The van der Waals surface area contributed by atoms with Gasteiger partial charge in [0, 0.05) is 60.9 Å². The number of hydrogen-bond acceptors (Lipinski definition) is 14. The van der Waals surface area contributed by atoms with Crippen LogP contribution in [0.15, 0.2) is 62.4 Å². The number of benzene rings is 2. The van der Waals surface area contributed by atoms with E-state index in [1.165, 1.54) is 16.3 Å². The van der Waals surface area contributed by atoms with Crippen LogP contribution in [-0.2, 0) is 52.0 Å². The van der Waals surface area contributed by atoms with Gasteiger partial charge in [0.05, 0.1) is 59.7 Å². The predicted octanol–water partition coefficient (Wildman–Crippen LogP) is 9.76. The van der Waals surface area contributed by atoms with Gasteiger partial charge in [0.1, 0.15) is 0 Å². The molecule has 6 N–H and O–H groups in total. The number of hydrogen-bond donors (Lipinski definition) is 6. The molecule has 4 aromatic rings. The Kier molecular flexibility index (Phi) is 25.8. The van der Waals surface area contributed by atoms with Crippen molar-refractivity contribution < 1.29 is 45.5 Å². The molecule has 2 aromatic carbocycles. The van der Waals surface area contributed by atoms with Crippen molar-refractivity contribution in [3.05, 3.63) is 79.3 Å². The molecule has 0 atom stereocenters. The fourth-order valence-corrected chi connectivity index (χ4v) is 13.9. The molecule has 0 spiro atoms. The summed E-state index contributed by atoms with van der Waals surface area (Å²) in [6, 6.07) is 10.6. The van der Waals surface area contributed by atoms with Gasteiger partial charge in [-0.25, -0.2) is 45.8 Å². The normalized spacial score (nSPS) is 17.7. The first kappa shape index (κ1) is 64.0. The molecule has 2 aliphatic carbocycles. The predicted molar refractivity (Wildman–Crippen MR) is 304 cm³/mol. The highest BCUT2D eigenvalue weighted by molar-refractivity contribution is 9.11. The molecule has 4 amide bonds. The first-order valence-corrected chi connectivity index (χ1v) is 31.5. The summed E-state index contributed by atoms with van der Waals surface area (Å²) in [5.74, 6) is 0.522. The Balaban J connectivity index is 0.000000270. The smallest absolute Gasteiger partial charge is 0.407 e. The highest BCUT2D eigenvalue weighted by atomic mass is 79.9. The van der Waals surface area contributed by atoms with E-state index in [1.54, 1.807) is 74.7 Å². The molecule has 2 saturated carbocycles. The minimum Gasteiger partial charge on any atom is -0.447 e. The number of ether oxygens (including phenoxy) is 2. The fraction of sp³-hybridized carbons (Fsp3) is 0.585. The van der Waals surface area contributed by atoms with Crippen molar-refractivity contribution in [3.8, 4) is 10.4 Å². The molecule has 2 aromatic heterocycles. The van der Waals surface area contributed by atoms with E-state index < -0.39 is 20.0 Å². The van der Waals surface area contributed by atoms with Crippen LogP contribution in [0.25, 0.3) is 10.4 Å². The Bertz CT molecular complexity index is 2750. The number of aromatic nitrogens is 2. The summed E-state index contributed by atoms with van der Waals surface area (Å²) in [6.45, 7) is 20.7. The van der Waals surface area contributed by atoms with E-state index in [2.05, 4.69) is 56.6 Å². The average molecular weight is 1200 g/mol. The molecule has 23 heteroatoms. The first-order chi connectivity index (χ1) is 35.8. The van der Waals surface area contributed by atoms with Crippen LogP contribution in [0.1, 0.15) is 159 Å². The summed E-state index contributed by atoms with van der Waals surface area (Å²) in [5, 5.41) is 13.7. The third kappa shape index (κ3) is 21.4. The van der Waals surface area contributed by atoms with Crippen molar-refractivity contribution in [3.63, 3.8) is 0 Å². The van der Waals surface area contributed by atoms with Crippen molar-refractivity contribution in [2.24, 2.45) is 0 Å². The molecule has 0 bridgehead atoms. The summed E-state index contributed by atoms with van der Waals surface area (Å²) in [4.78, 5) is 57.6. The summed E-state index contributed by atoms with van der Waals surface area (Å²) in [5.41, 5.74) is 2.55. The molecule has 0 radical (unpaired) electrons. The zero-order valence-electron chi connectivity index (χ0n) is 45.7. The summed E-state index contributed by atoms with van der Waals surface area (Å²) >= 11 is 6.66. The molecule has 18 nitrogen and oxygen atoms in total. The van der Waals surface area contributed by atoms with Crippen LogP contribution in [0, 0.1) is 6.92 Å². The van der Waals surface area contributed by atoms with Gasteiger partial charge in [-0.05, 0) is 158 Å². The zero-order valence-corrected chi connectivity index (χ0v) is 50.6. The molecule has 0 unspecified atom stereocenters. The van der Waals surface area contributed by atoms with E-state index >= 15 is 0 Å². The lowest BCUT2D eigenvalue weighted by molar-refractivity contribution is -0.121. The van der Waals surface area contributed by atoms with E-state index in [4.69, 9.17) is 9.47 Å². The molecule has 76 heavy (non-hydrogen) atoms. The standard InChI is InChI=1S/C26H38N4O5S2.C14H22N2O3S.C13H19BrN2O2S/c1-6-28-37(33,34)23-13-18(14-24(31)29-16(2)3)7-12-21(23)22-15-27-25(36-22)19-8-10-20(11-9-19)30-26(32)35-17(4)5;1-5-15-20(18,19)13-8-12(7-6-11(13)4)9-14(17)16-10(2)3;1-8(2)18-13(17)16-10-5-3-9(4-6-10)12-15-7-11(14)19-12/h7,12-13,15-17,19-20,28H,6,8-11,14H2,1-5H3,(H,29,31)(H,30,32);6-8,10,15H,5,9H2,1-4H3,(H,16,17);7-10H,3-6H2,1-2H3,(H,16,17). The van der Waals surface area contributed by atoms with E-state index in [0.29, 0.717) is 34.7 Å². The Morgan fingerprint density at radius 1 is 0.618 bits per heavy atom. The van der Waals surface area contributed by atoms with Gasteiger partial charge in [-0.3, -0.25) is 9.59 Å². The van der Waals surface area contributed by atoms with Crippen molar-refractivity contribution in [2.45, 2.75) is 198 Å². The van der Waals surface area contributed by atoms with Crippen LogP contribution in [0.2, 0.25) is 0 Å². The van der Waals surface area contributed by atoms with Crippen LogP contribution in [0.4, 0.5) is 9.59 Å². The molecule has 0 saturated heterocycles. The third-order valence-corrected chi connectivity index (χ3v) is 18.0. The largest absolute Gasteiger partial charge is 0.447 e. The maximum atomic E-state index is 13.1. The number of nitrogens with zero attached hydrogens (tertiary/aromatic N) is 2. The Labute approximate surface area is 467 Å². The van der Waals surface area contributed by atoms with Crippen LogP contribution < -0.4 is 30.7 Å². The van der Waals surface area contributed by atoms with Crippen LogP contribution >= 0.6 is 38.6 Å². The second-order valence-corrected chi connectivity index (χ2v) is 27.1. The summed E-state index contributed by atoms with van der Waals surface area (Å²) in [6.07, 6.45) is 10.5. The minimum absolute atomic E-state index is 0.00653. The number of carbonyl (C=O) groups excluding carboxylic acids is 4. The number of sulfonamides is 2. The Hall–Kier alpha value is -4.52. The van der Waals surface area contributed by atoms with Crippen molar-refractivity contribution >= 4 is 82.7 Å². The van der Waals surface area contributed by atoms with Gasteiger partial charge < -0.3 is 30.7 Å². The lowest BCUT2D eigenvalue weighted by Crippen LogP contribution is -2.38. The number of aryl methyl sites for hydroxylation is 1. The Morgan fingerprint density at radius 3 is 1.46 bits per heavy atom. The molecule has 2 heterocycles. The number of carbonyl (C=O) groups is 4. The number of nitrogens with one attached hydrogen (secondary N) is 6. The third-order valence-electron chi connectivity index (χ3n) is 11.9. The van der Waals surface area contributed by atoms with Crippen molar-refractivity contribution in [2.75, 3.05) is 13.1 Å². The number of amides is 4. The van der Waals surface area contributed by atoms with Gasteiger partial charge in [-0.15, -0.1) is 22.7 Å². The molecular formula is C53H79BrN8O10S4. The summed E-state index contributed by atoms with van der Waals surface area (Å²) in [7, 11) is -7.27. The van der Waals surface area contributed by atoms with Gasteiger partial charge in [-0.1, -0.05) is 38.1 Å². The SMILES string of the molecule is CC(C)OC(=O)NC1CCC(c2ncc(Br)s2)CC1.CCNS(=O)(=O)c1cc(CC(=O)NC(C)C)ccc1-c1cnc(C2CCC(NC(=O)OC(C)C)CC2)s1.CCNS(=O)(=O)c1cc(CC(=O)NC(C)C)ccc1C. The maximum Gasteiger partial charge on any atom is 0.407 e. The minimum atomic E-state index is -3.77. The van der Waals surface area contributed by atoms with E-state index in [-0.39, 0.29) is 95.5 Å². The zero-order chi connectivity index (χ0) is 56.3. The second-order valence-electron chi connectivity index (χ2n) is 20.1. The van der Waals surface area contributed by atoms with Crippen molar-refractivity contribution in [1.82, 2.24) is 40.7 Å². The number of halogens is 1. The molecule has 6 rings (SSSR count). The monoisotopic (exact) mass is 1190 g/mol. The van der Waals surface area contributed by atoms with E-state index in [0.717, 1.165) is 65.0 Å². The lowest BCUT2D eigenvalue weighted by Gasteiger charge is -2.28. The highest BCUT2D eigenvalue weighted by Gasteiger charge is 2.29. The van der Waals surface area contributed by atoms with Gasteiger partial charge in [-0.2, -0.15) is 0 Å². The maximum absolute atomic E-state index is 13.1. The van der Waals surface area contributed by atoms with E-state index in [9.17, 15) is 36.0 Å². The molecule has 2 fully saturated rings. The van der Waals surface area contributed by atoms with Gasteiger partial charge in [0.2, 0.25) is 31.9 Å². The van der Waals surface area contributed by atoms with Gasteiger partial charge >= 0.3 is 12.2 Å². The van der Waals surface area contributed by atoms with Crippen LogP contribution in [0.5, 0.6) is 0 Å². The number of rotatable bonds is 19. The Morgan fingerprint density at radius 2 is 1.04 bits per heavy atom. The molecule has 0 aliphatic heterocycles. The fourth-order valence-electron chi connectivity index (χ4n) is 8.65. The molecule has 2 aliphatic rings. The average Bonchev–Trinajstić information content (AvgIpc) is 3.99. The van der Waals surface area contributed by atoms with E-state index in [1.807, 2.05) is 61.6 Å². The van der Waals surface area contributed by atoms with Crippen LogP contribution in [0.3, 0.4) is 0 Å². The molecular weight excluding hydrogens is 1120 g/mol. The van der Waals surface area contributed by atoms with Crippen LogP contribution in [-0.4, -0.2) is 100 Å². The molecule has 422 valence electrons. The topological polar surface area (TPSA) is 253 Å². The van der Waals surface area contributed by atoms with Gasteiger partial charge in [0.25, 0.3) is 0 Å². The summed E-state index contributed by atoms with van der Waals surface area (Å²) < 4.78 is 66.7. The number of alkyl carbamates (subject to hydrolysis) is 2. The second kappa shape index (κ2) is 30.6.